The van der Waals surface area contributed by atoms with Crippen LogP contribution in [-0.4, -0.2) is 47.3 Å². The smallest absolute Gasteiger partial charge is 0.276 e. The molecule has 0 unspecified atom stereocenters. The van der Waals surface area contributed by atoms with Crippen molar-refractivity contribution in [3.63, 3.8) is 0 Å². The molecule has 2 aromatic heterocycles. The van der Waals surface area contributed by atoms with E-state index in [0.717, 1.165) is 54.6 Å². The lowest BCUT2D eigenvalue weighted by molar-refractivity contribution is 0.102. The van der Waals surface area contributed by atoms with Crippen LogP contribution in [0.2, 0.25) is 0 Å². The third-order valence-corrected chi connectivity index (χ3v) is 5.10. The van der Waals surface area contributed by atoms with Crippen LogP contribution in [0.5, 0.6) is 0 Å². The third-order valence-electron chi connectivity index (χ3n) is 5.10. The van der Waals surface area contributed by atoms with Gasteiger partial charge in [0.1, 0.15) is 5.82 Å². The van der Waals surface area contributed by atoms with Gasteiger partial charge in [-0.1, -0.05) is 18.2 Å². The number of carbonyl (C=O) groups excluding carboxylic acids is 1. The molecule has 0 atom stereocenters. The Hall–Kier alpha value is -3.48. The summed E-state index contributed by atoms with van der Waals surface area (Å²) in [5.41, 5.74) is 3.21. The second kappa shape index (κ2) is 8.26. The number of pyridine rings is 1. The Kier molecular flexibility index (Phi) is 5.37. The second-order valence-corrected chi connectivity index (χ2v) is 7.21. The number of nitrogens with one attached hydrogen (secondary N) is 1. The first-order chi connectivity index (χ1) is 14.1. The number of aromatic nitrogens is 3. The minimum absolute atomic E-state index is 0.252. The minimum atomic E-state index is -0.252. The van der Waals surface area contributed by atoms with E-state index in [4.69, 9.17) is 0 Å². The van der Waals surface area contributed by atoms with Gasteiger partial charge < -0.3 is 15.1 Å². The van der Waals surface area contributed by atoms with E-state index in [0.29, 0.717) is 5.69 Å². The molecule has 1 aliphatic heterocycles. The van der Waals surface area contributed by atoms with E-state index < -0.39 is 0 Å². The van der Waals surface area contributed by atoms with Crippen LogP contribution >= 0.6 is 0 Å². The maximum atomic E-state index is 12.5. The van der Waals surface area contributed by atoms with Gasteiger partial charge in [0, 0.05) is 38.1 Å². The average Bonchev–Trinajstić information content (AvgIpc) is 2.77. The SMILES string of the molecule is Cc1ccc(C)c(NC(=O)c2ccc(N3CCN(c4ccccn4)CC3)nn2)c1. The van der Waals surface area contributed by atoms with Crippen molar-refractivity contribution < 1.29 is 4.79 Å². The summed E-state index contributed by atoms with van der Waals surface area (Å²) in [6, 6.07) is 15.5. The zero-order valence-electron chi connectivity index (χ0n) is 16.7. The topological polar surface area (TPSA) is 74.2 Å². The van der Waals surface area contributed by atoms with E-state index >= 15 is 0 Å². The highest BCUT2D eigenvalue weighted by Crippen LogP contribution is 2.19. The quantitative estimate of drug-likeness (QED) is 0.740. The number of benzene rings is 1. The van der Waals surface area contributed by atoms with Crippen molar-refractivity contribution in [1.29, 1.82) is 0 Å². The summed E-state index contributed by atoms with van der Waals surface area (Å²) < 4.78 is 0. The Balaban J connectivity index is 1.38. The largest absolute Gasteiger partial charge is 0.353 e. The van der Waals surface area contributed by atoms with Gasteiger partial charge in [0.25, 0.3) is 5.91 Å². The molecule has 1 N–H and O–H groups in total. The number of hydrogen-bond donors (Lipinski definition) is 1. The maximum Gasteiger partial charge on any atom is 0.276 e. The van der Waals surface area contributed by atoms with E-state index in [1.807, 2.05) is 62.5 Å². The fraction of sp³-hybridized carbons (Fsp3) is 0.273. The fourth-order valence-corrected chi connectivity index (χ4v) is 3.38. The highest BCUT2D eigenvalue weighted by atomic mass is 16.1. The first kappa shape index (κ1) is 18.9. The minimum Gasteiger partial charge on any atom is -0.353 e. The number of anilines is 3. The summed E-state index contributed by atoms with van der Waals surface area (Å²) in [5.74, 6) is 1.53. The number of aryl methyl sites for hydroxylation is 2. The molecule has 1 fully saturated rings. The third kappa shape index (κ3) is 4.34. The van der Waals surface area contributed by atoms with Gasteiger partial charge in [-0.15, -0.1) is 10.2 Å². The van der Waals surface area contributed by atoms with Crippen LogP contribution in [0.25, 0.3) is 0 Å². The fourth-order valence-electron chi connectivity index (χ4n) is 3.38. The molecule has 1 amide bonds. The lowest BCUT2D eigenvalue weighted by Gasteiger charge is -2.35. The molecule has 29 heavy (non-hydrogen) atoms. The van der Waals surface area contributed by atoms with E-state index in [-0.39, 0.29) is 5.91 Å². The Morgan fingerprint density at radius 1 is 0.897 bits per heavy atom. The molecule has 7 heteroatoms. The van der Waals surface area contributed by atoms with Crippen LogP contribution in [0, 0.1) is 13.8 Å². The van der Waals surface area contributed by atoms with Gasteiger partial charge in [-0.25, -0.2) is 4.98 Å². The second-order valence-electron chi connectivity index (χ2n) is 7.21. The molecule has 1 aliphatic rings. The number of amides is 1. The van der Waals surface area contributed by atoms with Gasteiger partial charge in [0.05, 0.1) is 0 Å². The molecule has 3 heterocycles. The number of nitrogens with zero attached hydrogens (tertiary/aromatic N) is 5. The van der Waals surface area contributed by atoms with Crippen molar-refractivity contribution in [3.8, 4) is 0 Å². The molecule has 4 rings (SSSR count). The van der Waals surface area contributed by atoms with E-state index in [1.54, 1.807) is 6.07 Å². The number of carbonyl (C=O) groups is 1. The molecule has 0 aliphatic carbocycles. The summed E-state index contributed by atoms with van der Waals surface area (Å²) in [6.07, 6.45) is 1.81. The van der Waals surface area contributed by atoms with Gasteiger partial charge in [-0.2, -0.15) is 0 Å². The summed E-state index contributed by atoms with van der Waals surface area (Å²) in [7, 11) is 0. The normalized spacial score (nSPS) is 14.0. The van der Waals surface area contributed by atoms with Crippen LogP contribution in [-0.2, 0) is 0 Å². The van der Waals surface area contributed by atoms with Crippen molar-refractivity contribution in [3.05, 3.63) is 71.5 Å². The molecule has 3 aromatic rings. The van der Waals surface area contributed by atoms with Crippen molar-refractivity contribution in [1.82, 2.24) is 15.2 Å². The number of hydrogen-bond acceptors (Lipinski definition) is 6. The highest BCUT2D eigenvalue weighted by molar-refractivity contribution is 6.03. The zero-order valence-corrected chi connectivity index (χ0v) is 16.7. The molecule has 0 spiro atoms. The zero-order chi connectivity index (χ0) is 20.2. The number of rotatable bonds is 4. The van der Waals surface area contributed by atoms with Crippen LogP contribution in [0.15, 0.2) is 54.7 Å². The monoisotopic (exact) mass is 388 g/mol. The first-order valence-electron chi connectivity index (χ1n) is 9.73. The predicted octanol–water partition coefficient (Wildman–Crippen LogP) is 3.07. The molecular formula is C22H24N6O. The Labute approximate surface area is 170 Å². The van der Waals surface area contributed by atoms with Crippen molar-refractivity contribution in [2.75, 3.05) is 41.3 Å². The van der Waals surface area contributed by atoms with E-state index in [9.17, 15) is 4.79 Å². The van der Waals surface area contributed by atoms with Crippen LogP contribution in [0.4, 0.5) is 17.3 Å². The molecule has 1 aromatic carbocycles. The van der Waals surface area contributed by atoms with Gasteiger partial charge in [-0.05, 0) is 55.3 Å². The lowest BCUT2D eigenvalue weighted by atomic mass is 10.1. The Bertz CT molecular complexity index is 982. The standard InChI is InChI=1S/C22H24N6O/c1-16-6-7-17(2)19(15-16)24-22(29)18-8-9-21(26-25-18)28-13-11-27(12-14-28)20-5-3-4-10-23-20/h3-10,15H,11-14H2,1-2H3,(H,24,29). The van der Waals surface area contributed by atoms with Crippen LogP contribution < -0.4 is 15.1 Å². The van der Waals surface area contributed by atoms with Gasteiger partial charge in [0.15, 0.2) is 11.5 Å². The van der Waals surface area contributed by atoms with Gasteiger partial charge in [0.2, 0.25) is 0 Å². The first-order valence-corrected chi connectivity index (χ1v) is 9.73. The van der Waals surface area contributed by atoms with Crippen molar-refractivity contribution in [2.45, 2.75) is 13.8 Å². The van der Waals surface area contributed by atoms with E-state index in [2.05, 4.69) is 30.3 Å². The highest BCUT2D eigenvalue weighted by Gasteiger charge is 2.20. The molecule has 0 saturated carbocycles. The summed E-state index contributed by atoms with van der Waals surface area (Å²) >= 11 is 0. The van der Waals surface area contributed by atoms with E-state index in [1.165, 1.54) is 0 Å². The summed E-state index contributed by atoms with van der Waals surface area (Å²) in [4.78, 5) is 21.4. The maximum absolute atomic E-state index is 12.5. The van der Waals surface area contributed by atoms with Crippen molar-refractivity contribution >= 4 is 23.2 Å². The van der Waals surface area contributed by atoms with Crippen LogP contribution in [0.1, 0.15) is 21.6 Å². The molecule has 0 radical (unpaired) electrons. The molecule has 1 saturated heterocycles. The summed E-state index contributed by atoms with van der Waals surface area (Å²) in [5, 5.41) is 11.4. The van der Waals surface area contributed by atoms with Gasteiger partial charge >= 0.3 is 0 Å². The van der Waals surface area contributed by atoms with Crippen LogP contribution in [0.3, 0.4) is 0 Å². The molecule has 7 nitrogen and oxygen atoms in total. The molecule has 148 valence electrons. The summed E-state index contributed by atoms with van der Waals surface area (Å²) in [6.45, 7) is 7.37. The Morgan fingerprint density at radius 3 is 2.31 bits per heavy atom. The molecule has 0 bridgehead atoms. The number of piperazine rings is 1. The van der Waals surface area contributed by atoms with Gasteiger partial charge in [-0.3, -0.25) is 4.79 Å². The lowest BCUT2D eigenvalue weighted by Crippen LogP contribution is -2.47. The average molecular weight is 388 g/mol. The Morgan fingerprint density at radius 2 is 1.66 bits per heavy atom. The van der Waals surface area contributed by atoms with Crippen molar-refractivity contribution in [2.24, 2.45) is 0 Å². The molecular weight excluding hydrogens is 364 g/mol. The predicted molar refractivity (Wildman–Crippen MR) is 115 cm³/mol.